The molecule has 2 rings (SSSR count). The third-order valence-electron chi connectivity index (χ3n) is 3.64. The summed E-state index contributed by atoms with van der Waals surface area (Å²) in [4.78, 5) is 12.0. The molecule has 0 heterocycles. The van der Waals surface area contributed by atoms with Gasteiger partial charge in [-0.15, -0.1) is 0 Å². The van der Waals surface area contributed by atoms with Crippen molar-refractivity contribution in [3.05, 3.63) is 58.1 Å². The summed E-state index contributed by atoms with van der Waals surface area (Å²) in [6.07, 6.45) is 1.53. The SMILES string of the molecule is COc1ccc(Br)cc1C=NNC(=O)COc1ccccc1C(C)(C)C. The van der Waals surface area contributed by atoms with E-state index in [0.29, 0.717) is 11.5 Å². The van der Waals surface area contributed by atoms with Crippen LogP contribution < -0.4 is 14.9 Å². The number of methoxy groups -OCH3 is 1. The van der Waals surface area contributed by atoms with E-state index in [1.807, 2.05) is 42.5 Å². The molecular formula is C20H23BrN2O3. The van der Waals surface area contributed by atoms with Crippen LogP contribution in [-0.2, 0) is 10.2 Å². The van der Waals surface area contributed by atoms with E-state index in [1.54, 1.807) is 7.11 Å². The van der Waals surface area contributed by atoms with Crippen LogP contribution in [0.25, 0.3) is 0 Å². The van der Waals surface area contributed by atoms with E-state index >= 15 is 0 Å². The van der Waals surface area contributed by atoms with Gasteiger partial charge in [0.1, 0.15) is 11.5 Å². The number of nitrogens with zero attached hydrogens (tertiary/aromatic N) is 1. The Labute approximate surface area is 162 Å². The molecule has 0 saturated carbocycles. The minimum Gasteiger partial charge on any atom is -0.496 e. The fourth-order valence-electron chi connectivity index (χ4n) is 2.37. The van der Waals surface area contributed by atoms with Gasteiger partial charge in [-0.05, 0) is 35.2 Å². The number of benzene rings is 2. The molecule has 0 bridgehead atoms. The number of ether oxygens (including phenoxy) is 2. The lowest BCUT2D eigenvalue weighted by Gasteiger charge is -2.22. The Balaban J connectivity index is 1.96. The van der Waals surface area contributed by atoms with Crippen LogP contribution >= 0.6 is 15.9 Å². The lowest BCUT2D eigenvalue weighted by molar-refractivity contribution is -0.123. The number of para-hydroxylation sites is 1. The smallest absolute Gasteiger partial charge is 0.277 e. The topological polar surface area (TPSA) is 59.9 Å². The molecule has 0 aromatic heterocycles. The molecule has 0 radical (unpaired) electrons. The van der Waals surface area contributed by atoms with Crippen molar-refractivity contribution in [2.24, 2.45) is 5.10 Å². The zero-order valence-corrected chi connectivity index (χ0v) is 17.0. The van der Waals surface area contributed by atoms with Crippen molar-refractivity contribution in [3.8, 4) is 11.5 Å². The number of carbonyl (C=O) groups is 1. The predicted molar refractivity (Wildman–Crippen MR) is 107 cm³/mol. The molecule has 2 aromatic carbocycles. The highest BCUT2D eigenvalue weighted by molar-refractivity contribution is 9.10. The third kappa shape index (κ3) is 5.59. The maximum absolute atomic E-state index is 12.0. The average molecular weight is 419 g/mol. The van der Waals surface area contributed by atoms with Gasteiger partial charge in [-0.25, -0.2) is 5.43 Å². The first kappa shape index (κ1) is 20.0. The molecule has 1 amide bonds. The first-order valence-corrected chi connectivity index (χ1v) is 8.98. The quantitative estimate of drug-likeness (QED) is 0.562. The molecule has 26 heavy (non-hydrogen) atoms. The van der Waals surface area contributed by atoms with E-state index in [1.165, 1.54) is 6.21 Å². The van der Waals surface area contributed by atoms with Crippen molar-refractivity contribution in [1.82, 2.24) is 5.43 Å². The second-order valence-corrected chi connectivity index (χ2v) is 7.63. The third-order valence-corrected chi connectivity index (χ3v) is 4.13. The van der Waals surface area contributed by atoms with Crippen LogP contribution in [0.1, 0.15) is 31.9 Å². The van der Waals surface area contributed by atoms with Gasteiger partial charge in [0, 0.05) is 10.0 Å². The summed E-state index contributed by atoms with van der Waals surface area (Å²) in [5, 5.41) is 3.97. The van der Waals surface area contributed by atoms with Crippen molar-refractivity contribution in [2.45, 2.75) is 26.2 Å². The number of rotatable bonds is 6. The molecule has 5 nitrogen and oxygen atoms in total. The van der Waals surface area contributed by atoms with Crippen LogP contribution in [-0.4, -0.2) is 25.8 Å². The predicted octanol–water partition coefficient (Wildman–Crippen LogP) is 4.28. The van der Waals surface area contributed by atoms with Crippen molar-refractivity contribution in [2.75, 3.05) is 13.7 Å². The fraction of sp³-hybridized carbons (Fsp3) is 0.300. The number of hydrogen-bond donors (Lipinski definition) is 1. The van der Waals surface area contributed by atoms with Crippen LogP contribution in [0.15, 0.2) is 52.0 Å². The number of halogens is 1. The van der Waals surface area contributed by atoms with Gasteiger partial charge < -0.3 is 9.47 Å². The van der Waals surface area contributed by atoms with Gasteiger partial charge in [-0.1, -0.05) is 54.9 Å². The maximum atomic E-state index is 12.0. The first-order valence-electron chi connectivity index (χ1n) is 8.19. The van der Waals surface area contributed by atoms with Gasteiger partial charge in [0.25, 0.3) is 5.91 Å². The molecule has 2 aromatic rings. The molecule has 6 heteroatoms. The highest BCUT2D eigenvalue weighted by Crippen LogP contribution is 2.30. The number of hydrogen-bond acceptors (Lipinski definition) is 4. The van der Waals surface area contributed by atoms with Crippen LogP contribution in [0.4, 0.5) is 0 Å². The standard InChI is InChI=1S/C20H23BrN2O3/c1-20(2,3)16-7-5-6-8-18(16)26-13-19(24)23-22-12-14-11-15(21)9-10-17(14)25-4/h5-12H,13H2,1-4H3,(H,23,24). The number of amides is 1. The molecule has 1 N–H and O–H groups in total. The van der Waals surface area contributed by atoms with Crippen LogP contribution in [0, 0.1) is 0 Å². The number of hydrazone groups is 1. The lowest BCUT2D eigenvalue weighted by Crippen LogP contribution is -2.25. The Morgan fingerprint density at radius 1 is 1.19 bits per heavy atom. The van der Waals surface area contributed by atoms with Crippen molar-refractivity contribution in [1.29, 1.82) is 0 Å². The molecule has 0 aliphatic carbocycles. The average Bonchev–Trinajstić information content (AvgIpc) is 2.59. The first-order chi connectivity index (χ1) is 12.3. The van der Waals surface area contributed by atoms with E-state index in [4.69, 9.17) is 9.47 Å². The molecule has 0 saturated heterocycles. The molecule has 0 spiro atoms. The minimum absolute atomic E-state index is 0.0670. The minimum atomic E-state index is -0.334. The molecule has 0 aliphatic heterocycles. The normalized spacial score (nSPS) is 11.4. The van der Waals surface area contributed by atoms with Gasteiger partial charge in [-0.3, -0.25) is 4.79 Å². The Morgan fingerprint density at radius 3 is 2.62 bits per heavy atom. The van der Waals surface area contributed by atoms with E-state index < -0.39 is 0 Å². The van der Waals surface area contributed by atoms with E-state index in [0.717, 1.165) is 15.6 Å². The van der Waals surface area contributed by atoms with Crippen molar-refractivity contribution >= 4 is 28.1 Å². The lowest BCUT2D eigenvalue weighted by atomic mass is 9.86. The zero-order chi connectivity index (χ0) is 19.2. The van der Waals surface area contributed by atoms with Crippen LogP contribution in [0.3, 0.4) is 0 Å². The highest BCUT2D eigenvalue weighted by atomic mass is 79.9. The highest BCUT2D eigenvalue weighted by Gasteiger charge is 2.18. The Bertz CT molecular complexity index is 798. The van der Waals surface area contributed by atoms with Gasteiger partial charge in [-0.2, -0.15) is 5.10 Å². The summed E-state index contributed by atoms with van der Waals surface area (Å²) >= 11 is 3.40. The molecule has 0 atom stereocenters. The second-order valence-electron chi connectivity index (χ2n) is 6.71. The van der Waals surface area contributed by atoms with Gasteiger partial charge in [0.05, 0.1) is 13.3 Å². The summed E-state index contributed by atoms with van der Waals surface area (Å²) < 4.78 is 11.8. The maximum Gasteiger partial charge on any atom is 0.277 e. The summed E-state index contributed by atoms with van der Waals surface area (Å²) in [6.45, 7) is 6.20. The van der Waals surface area contributed by atoms with Gasteiger partial charge in [0.2, 0.25) is 0 Å². The number of nitrogens with one attached hydrogen (secondary N) is 1. The number of carbonyl (C=O) groups excluding carboxylic acids is 1. The Morgan fingerprint density at radius 2 is 1.92 bits per heavy atom. The summed E-state index contributed by atoms with van der Waals surface area (Å²) in [6, 6.07) is 13.3. The summed E-state index contributed by atoms with van der Waals surface area (Å²) in [5.41, 5.74) is 4.20. The molecule has 0 aliphatic rings. The van der Waals surface area contributed by atoms with Crippen LogP contribution in [0.5, 0.6) is 11.5 Å². The van der Waals surface area contributed by atoms with Crippen LogP contribution in [0.2, 0.25) is 0 Å². The monoisotopic (exact) mass is 418 g/mol. The van der Waals surface area contributed by atoms with Gasteiger partial charge in [0.15, 0.2) is 6.61 Å². The van der Waals surface area contributed by atoms with Gasteiger partial charge >= 0.3 is 0 Å². The fourth-order valence-corrected chi connectivity index (χ4v) is 2.75. The molecule has 0 fully saturated rings. The Kier molecular flexibility index (Phi) is 6.80. The van der Waals surface area contributed by atoms with E-state index in [-0.39, 0.29) is 17.9 Å². The molecule has 0 unspecified atom stereocenters. The summed E-state index contributed by atoms with van der Waals surface area (Å²) in [5.74, 6) is 1.04. The zero-order valence-electron chi connectivity index (χ0n) is 15.4. The largest absolute Gasteiger partial charge is 0.496 e. The van der Waals surface area contributed by atoms with Crippen molar-refractivity contribution in [3.63, 3.8) is 0 Å². The summed E-state index contributed by atoms with van der Waals surface area (Å²) in [7, 11) is 1.58. The second kappa shape index (κ2) is 8.85. The molecule has 138 valence electrons. The van der Waals surface area contributed by atoms with E-state index in [2.05, 4.69) is 47.2 Å². The van der Waals surface area contributed by atoms with Crippen molar-refractivity contribution < 1.29 is 14.3 Å². The molecular weight excluding hydrogens is 396 g/mol. The van der Waals surface area contributed by atoms with E-state index in [9.17, 15) is 4.79 Å². The Hall–Kier alpha value is -2.34.